The first-order chi connectivity index (χ1) is 11.6. The van der Waals surface area contributed by atoms with Crippen LogP contribution in [-0.2, 0) is 9.59 Å². The molecule has 0 unspecified atom stereocenters. The first kappa shape index (κ1) is 16.3. The molecular weight excluding hydrogens is 330 g/mol. The number of hydrogen-bond acceptors (Lipinski definition) is 4. The van der Waals surface area contributed by atoms with Crippen LogP contribution in [0.4, 0.5) is 11.5 Å². The average molecular weight is 346 g/mol. The fourth-order valence-electron chi connectivity index (χ4n) is 2.57. The Morgan fingerprint density at radius 2 is 2.04 bits per heavy atom. The summed E-state index contributed by atoms with van der Waals surface area (Å²) in [6.07, 6.45) is 1.63. The van der Waals surface area contributed by atoms with Crippen molar-refractivity contribution in [1.82, 2.24) is 4.98 Å². The Morgan fingerprint density at radius 3 is 2.67 bits per heavy atom. The third-order valence-corrected chi connectivity index (χ3v) is 4.08. The lowest BCUT2D eigenvalue weighted by atomic mass is 10.1. The number of nitrogens with zero attached hydrogens (tertiary/aromatic N) is 2. The zero-order chi connectivity index (χ0) is 17.1. The van der Waals surface area contributed by atoms with E-state index in [1.54, 1.807) is 48.4 Å². The van der Waals surface area contributed by atoms with Gasteiger partial charge < -0.3 is 15.0 Å². The van der Waals surface area contributed by atoms with E-state index in [0.717, 1.165) is 5.69 Å². The topological polar surface area (TPSA) is 71.5 Å². The maximum absolute atomic E-state index is 12.3. The minimum atomic E-state index is -0.419. The molecule has 0 spiro atoms. The molecule has 0 bridgehead atoms. The number of ether oxygens (including phenoxy) is 1. The summed E-state index contributed by atoms with van der Waals surface area (Å²) in [4.78, 5) is 30.2. The summed E-state index contributed by atoms with van der Waals surface area (Å²) in [6.45, 7) is 0.338. The summed E-state index contributed by atoms with van der Waals surface area (Å²) in [5, 5.41) is 3.21. The zero-order valence-electron chi connectivity index (χ0n) is 13.0. The fourth-order valence-corrected chi connectivity index (χ4v) is 2.68. The Bertz CT molecular complexity index is 747. The van der Waals surface area contributed by atoms with Crippen molar-refractivity contribution in [3.8, 4) is 5.75 Å². The normalized spacial score (nSPS) is 17.0. The molecule has 2 heterocycles. The quantitative estimate of drug-likeness (QED) is 0.924. The molecule has 1 fully saturated rings. The van der Waals surface area contributed by atoms with E-state index in [9.17, 15) is 9.59 Å². The van der Waals surface area contributed by atoms with Crippen LogP contribution in [0.2, 0.25) is 5.02 Å². The van der Waals surface area contributed by atoms with Gasteiger partial charge in [-0.05, 0) is 36.4 Å². The lowest BCUT2D eigenvalue weighted by Crippen LogP contribution is -2.28. The molecule has 1 saturated heterocycles. The summed E-state index contributed by atoms with van der Waals surface area (Å²) in [5.74, 6) is 0.406. The molecule has 1 aromatic heterocycles. The second-order valence-electron chi connectivity index (χ2n) is 5.45. The molecule has 124 valence electrons. The molecule has 1 aliphatic rings. The standard InChI is InChI=1S/C17H16ClN3O3/c1-24-14-5-3-13(4-6-14)21-10-11(8-16(21)22)17(23)20-15-7-2-12(18)9-19-15/h2-7,9,11H,8,10H2,1H3,(H,19,20,23)/t11-/m1/s1. The van der Waals surface area contributed by atoms with Crippen LogP contribution >= 0.6 is 11.6 Å². The number of anilines is 2. The molecular formula is C17H16ClN3O3. The number of aromatic nitrogens is 1. The van der Waals surface area contributed by atoms with Gasteiger partial charge in [0, 0.05) is 24.8 Å². The summed E-state index contributed by atoms with van der Waals surface area (Å²) in [6, 6.07) is 10.4. The lowest BCUT2D eigenvalue weighted by Gasteiger charge is -2.17. The number of benzene rings is 1. The largest absolute Gasteiger partial charge is 0.497 e. The Kier molecular flexibility index (Phi) is 4.66. The highest BCUT2D eigenvalue weighted by Gasteiger charge is 2.35. The summed E-state index contributed by atoms with van der Waals surface area (Å²) < 4.78 is 5.11. The van der Waals surface area contributed by atoms with Crippen molar-refractivity contribution < 1.29 is 14.3 Å². The molecule has 0 aliphatic carbocycles. The molecule has 2 aromatic rings. The van der Waals surface area contributed by atoms with Crippen LogP contribution in [0.3, 0.4) is 0 Å². The van der Waals surface area contributed by atoms with Crippen LogP contribution < -0.4 is 15.0 Å². The van der Waals surface area contributed by atoms with Crippen molar-refractivity contribution >= 4 is 34.9 Å². The predicted octanol–water partition coefficient (Wildman–Crippen LogP) is 2.74. The third kappa shape index (κ3) is 3.49. The lowest BCUT2D eigenvalue weighted by molar-refractivity contribution is -0.122. The van der Waals surface area contributed by atoms with Gasteiger partial charge in [-0.15, -0.1) is 0 Å². The first-order valence-electron chi connectivity index (χ1n) is 7.43. The van der Waals surface area contributed by atoms with Crippen molar-refractivity contribution in [1.29, 1.82) is 0 Å². The van der Waals surface area contributed by atoms with Crippen LogP contribution in [0.1, 0.15) is 6.42 Å². The average Bonchev–Trinajstić information content (AvgIpc) is 2.99. The van der Waals surface area contributed by atoms with Gasteiger partial charge in [0.1, 0.15) is 11.6 Å². The van der Waals surface area contributed by atoms with Gasteiger partial charge in [-0.3, -0.25) is 9.59 Å². The van der Waals surface area contributed by atoms with Gasteiger partial charge in [0.25, 0.3) is 0 Å². The van der Waals surface area contributed by atoms with E-state index in [1.165, 1.54) is 6.20 Å². The molecule has 1 atom stereocenters. The van der Waals surface area contributed by atoms with Gasteiger partial charge in [-0.25, -0.2) is 4.98 Å². The Labute approximate surface area is 144 Å². The number of carbonyl (C=O) groups excluding carboxylic acids is 2. The van der Waals surface area contributed by atoms with Crippen molar-refractivity contribution in [2.75, 3.05) is 23.9 Å². The smallest absolute Gasteiger partial charge is 0.230 e. The zero-order valence-corrected chi connectivity index (χ0v) is 13.8. The van der Waals surface area contributed by atoms with E-state index < -0.39 is 5.92 Å². The van der Waals surface area contributed by atoms with E-state index >= 15 is 0 Å². The predicted molar refractivity (Wildman–Crippen MR) is 91.3 cm³/mol. The number of carbonyl (C=O) groups is 2. The summed E-state index contributed by atoms with van der Waals surface area (Å²) >= 11 is 5.77. The van der Waals surface area contributed by atoms with Crippen LogP contribution in [0.25, 0.3) is 0 Å². The minimum Gasteiger partial charge on any atom is -0.497 e. The Hall–Kier alpha value is -2.60. The number of nitrogens with one attached hydrogen (secondary N) is 1. The molecule has 6 nitrogen and oxygen atoms in total. The number of pyridine rings is 1. The number of halogens is 1. The molecule has 3 rings (SSSR count). The SMILES string of the molecule is COc1ccc(N2C[C@H](C(=O)Nc3ccc(Cl)cn3)CC2=O)cc1. The third-order valence-electron chi connectivity index (χ3n) is 3.86. The molecule has 1 aliphatic heterocycles. The van der Waals surface area contributed by atoms with E-state index in [4.69, 9.17) is 16.3 Å². The number of amides is 2. The number of hydrogen-bond donors (Lipinski definition) is 1. The maximum atomic E-state index is 12.3. The second kappa shape index (κ2) is 6.88. The van der Waals surface area contributed by atoms with Crippen LogP contribution in [0.15, 0.2) is 42.6 Å². The highest BCUT2D eigenvalue weighted by atomic mass is 35.5. The van der Waals surface area contributed by atoms with Crippen LogP contribution in [0.5, 0.6) is 5.75 Å². The van der Waals surface area contributed by atoms with Gasteiger partial charge in [-0.2, -0.15) is 0 Å². The van der Waals surface area contributed by atoms with E-state index in [0.29, 0.717) is 23.1 Å². The number of methoxy groups -OCH3 is 1. The van der Waals surface area contributed by atoms with Gasteiger partial charge >= 0.3 is 0 Å². The van der Waals surface area contributed by atoms with Crippen molar-refractivity contribution in [2.45, 2.75) is 6.42 Å². The monoisotopic (exact) mass is 345 g/mol. The fraction of sp³-hybridized carbons (Fsp3) is 0.235. The molecule has 24 heavy (non-hydrogen) atoms. The molecule has 1 aromatic carbocycles. The van der Waals surface area contributed by atoms with Crippen molar-refractivity contribution in [3.63, 3.8) is 0 Å². The van der Waals surface area contributed by atoms with Gasteiger partial charge in [0.05, 0.1) is 18.1 Å². The first-order valence-corrected chi connectivity index (χ1v) is 7.81. The molecule has 1 N–H and O–H groups in total. The molecule has 0 saturated carbocycles. The highest BCUT2D eigenvalue weighted by Crippen LogP contribution is 2.27. The maximum Gasteiger partial charge on any atom is 0.230 e. The summed E-state index contributed by atoms with van der Waals surface area (Å²) in [5.41, 5.74) is 0.751. The Balaban J connectivity index is 1.67. The molecule has 0 radical (unpaired) electrons. The molecule has 2 amide bonds. The Morgan fingerprint density at radius 1 is 1.29 bits per heavy atom. The summed E-state index contributed by atoms with van der Waals surface area (Å²) in [7, 11) is 1.58. The second-order valence-corrected chi connectivity index (χ2v) is 5.89. The minimum absolute atomic E-state index is 0.0793. The van der Waals surface area contributed by atoms with Gasteiger partial charge in [0.2, 0.25) is 11.8 Å². The van der Waals surface area contributed by atoms with Crippen LogP contribution in [0, 0.1) is 5.92 Å². The molecule has 7 heteroatoms. The van der Waals surface area contributed by atoms with Gasteiger partial charge in [0.15, 0.2) is 0 Å². The van der Waals surface area contributed by atoms with E-state index in [2.05, 4.69) is 10.3 Å². The van der Waals surface area contributed by atoms with E-state index in [-0.39, 0.29) is 18.2 Å². The van der Waals surface area contributed by atoms with Crippen LogP contribution in [-0.4, -0.2) is 30.5 Å². The van der Waals surface area contributed by atoms with Gasteiger partial charge in [-0.1, -0.05) is 11.6 Å². The van der Waals surface area contributed by atoms with Crippen molar-refractivity contribution in [3.05, 3.63) is 47.6 Å². The van der Waals surface area contributed by atoms with Crippen molar-refractivity contribution in [2.24, 2.45) is 5.92 Å². The number of rotatable bonds is 4. The highest BCUT2D eigenvalue weighted by molar-refractivity contribution is 6.30. The van der Waals surface area contributed by atoms with E-state index in [1.807, 2.05) is 0 Å².